The molecule has 1 atom stereocenters. The van der Waals surface area contributed by atoms with E-state index in [-0.39, 0.29) is 6.04 Å². The Bertz CT molecular complexity index is 363. The molecule has 15 heavy (non-hydrogen) atoms. The quantitative estimate of drug-likeness (QED) is 0.602. The molecule has 0 aromatic carbocycles. The minimum absolute atomic E-state index is 0.0129. The minimum Gasteiger partial charge on any atom is -0.323 e. The van der Waals surface area contributed by atoms with Gasteiger partial charge >= 0.3 is 0 Å². The van der Waals surface area contributed by atoms with Gasteiger partial charge in [-0.2, -0.15) is 0 Å². The van der Waals surface area contributed by atoms with Crippen molar-refractivity contribution in [3.05, 3.63) is 29.1 Å². The molecule has 2 nitrogen and oxygen atoms in total. The molecule has 1 unspecified atom stereocenters. The largest absolute Gasteiger partial charge is 0.323 e. The summed E-state index contributed by atoms with van der Waals surface area (Å²) in [5, 5.41) is 0. The number of nitrogens with two attached hydrogens (primary N) is 1. The van der Waals surface area contributed by atoms with Gasteiger partial charge in [0.15, 0.2) is 0 Å². The maximum Gasteiger partial charge on any atom is 0.0600 e. The van der Waals surface area contributed by atoms with E-state index in [1.165, 1.54) is 11.1 Å². The van der Waals surface area contributed by atoms with Gasteiger partial charge in [0, 0.05) is 18.7 Å². The second kappa shape index (κ2) is 5.53. The predicted octanol–water partition coefficient (Wildman–Crippen LogP) is 2.50. The van der Waals surface area contributed by atoms with E-state index >= 15 is 0 Å². The van der Waals surface area contributed by atoms with Crippen molar-refractivity contribution in [3.8, 4) is 12.3 Å². The number of unbranched alkanes of at least 4 members (excludes halogenated alkanes) is 1. The standard InChI is InChI=1S/C13H18N2/c1-4-5-6-7-12(14)13-11(3)8-10(2)9-15-13/h1,8-9,12H,5-7,14H2,2-3H3. The van der Waals surface area contributed by atoms with Crippen molar-refractivity contribution in [2.75, 3.05) is 0 Å². The van der Waals surface area contributed by atoms with Gasteiger partial charge in [-0.05, 0) is 37.8 Å². The third-order valence-corrected chi connectivity index (χ3v) is 2.44. The number of hydrogen-bond acceptors (Lipinski definition) is 2. The third kappa shape index (κ3) is 3.38. The normalized spacial score (nSPS) is 12.1. The van der Waals surface area contributed by atoms with Gasteiger partial charge in [0.05, 0.1) is 5.69 Å². The zero-order valence-corrected chi connectivity index (χ0v) is 9.46. The van der Waals surface area contributed by atoms with E-state index in [4.69, 9.17) is 12.2 Å². The number of hydrogen-bond donors (Lipinski definition) is 1. The molecule has 0 amide bonds. The Morgan fingerprint density at radius 3 is 2.87 bits per heavy atom. The highest BCUT2D eigenvalue weighted by Gasteiger charge is 2.09. The third-order valence-electron chi connectivity index (χ3n) is 2.44. The van der Waals surface area contributed by atoms with E-state index in [0.717, 1.165) is 25.0 Å². The van der Waals surface area contributed by atoms with Crippen LogP contribution in [0.2, 0.25) is 0 Å². The highest BCUT2D eigenvalue weighted by atomic mass is 14.8. The van der Waals surface area contributed by atoms with E-state index < -0.39 is 0 Å². The Morgan fingerprint density at radius 1 is 1.53 bits per heavy atom. The second-order valence-electron chi connectivity index (χ2n) is 3.92. The Hall–Kier alpha value is -1.33. The molecule has 0 aliphatic heterocycles. The maximum absolute atomic E-state index is 6.06. The number of aromatic nitrogens is 1. The molecule has 1 heterocycles. The minimum atomic E-state index is 0.0129. The van der Waals surface area contributed by atoms with Crippen LogP contribution in [0.15, 0.2) is 12.3 Å². The van der Waals surface area contributed by atoms with Crippen LogP contribution >= 0.6 is 0 Å². The summed E-state index contributed by atoms with van der Waals surface area (Å²) in [7, 11) is 0. The molecule has 1 aromatic rings. The summed E-state index contributed by atoms with van der Waals surface area (Å²) >= 11 is 0. The monoisotopic (exact) mass is 202 g/mol. The van der Waals surface area contributed by atoms with Crippen LogP contribution in [0, 0.1) is 26.2 Å². The molecule has 80 valence electrons. The second-order valence-corrected chi connectivity index (χ2v) is 3.92. The Morgan fingerprint density at radius 2 is 2.27 bits per heavy atom. The van der Waals surface area contributed by atoms with Crippen LogP contribution in [0.4, 0.5) is 0 Å². The lowest BCUT2D eigenvalue weighted by Gasteiger charge is -2.13. The molecule has 1 aromatic heterocycles. The molecule has 0 saturated heterocycles. The van der Waals surface area contributed by atoms with Gasteiger partial charge in [0.1, 0.15) is 0 Å². The molecule has 1 rings (SSSR count). The number of aryl methyl sites for hydroxylation is 2. The van der Waals surface area contributed by atoms with Crippen molar-refractivity contribution in [2.24, 2.45) is 5.73 Å². The van der Waals surface area contributed by atoms with Gasteiger partial charge in [-0.3, -0.25) is 4.98 Å². The summed E-state index contributed by atoms with van der Waals surface area (Å²) < 4.78 is 0. The number of pyridine rings is 1. The number of nitrogens with zero attached hydrogens (tertiary/aromatic N) is 1. The summed E-state index contributed by atoms with van der Waals surface area (Å²) in [5.41, 5.74) is 9.40. The van der Waals surface area contributed by atoms with E-state index in [0.29, 0.717) is 0 Å². The highest BCUT2D eigenvalue weighted by Crippen LogP contribution is 2.18. The van der Waals surface area contributed by atoms with Crippen LogP contribution in [-0.2, 0) is 0 Å². The summed E-state index contributed by atoms with van der Waals surface area (Å²) in [6.45, 7) is 4.09. The fraction of sp³-hybridized carbons (Fsp3) is 0.462. The number of terminal acetylenes is 1. The average molecular weight is 202 g/mol. The molecular formula is C13H18N2. The first-order chi connectivity index (χ1) is 7.15. The SMILES string of the molecule is C#CCCCC(N)c1ncc(C)cc1C. The van der Waals surface area contributed by atoms with Crippen LogP contribution < -0.4 is 5.73 Å². The molecular weight excluding hydrogens is 184 g/mol. The van der Waals surface area contributed by atoms with Crippen molar-refractivity contribution < 1.29 is 0 Å². The zero-order chi connectivity index (χ0) is 11.3. The van der Waals surface area contributed by atoms with Crippen molar-refractivity contribution >= 4 is 0 Å². The molecule has 0 radical (unpaired) electrons. The van der Waals surface area contributed by atoms with E-state index in [1.54, 1.807) is 0 Å². The Labute approximate surface area is 91.9 Å². The summed E-state index contributed by atoms with van der Waals surface area (Å²) in [5.74, 6) is 2.62. The zero-order valence-electron chi connectivity index (χ0n) is 9.46. The van der Waals surface area contributed by atoms with Crippen molar-refractivity contribution in [1.82, 2.24) is 4.98 Å². The smallest absolute Gasteiger partial charge is 0.0600 e. The predicted molar refractivity (Wildman–Crippen MR) is 63.3 cm³/mol. The first-order valence-electron chi connectivity index (χ1n) is 5.27. The van der Waals surface area contributed by atoms with Crippen LogP contribution in [0.1, 0.15) is 42.1 Å². The molecule has 0 aliphatic carbocycles. The van der Waals surface area contributed by atoms with Gasteiger partial charge in [0.2, 0.25) is 0 Å². The van der Waals surface area contributed by atoms with Crippen LogP contribution in [0.25, 0.3) is 0 Å². The first kappa shape index (κ1) is 11.7. The van der Waals surface area contributed by atoms with Crippen molar-refractivity contribution in [3.63, 3.8) is 0 Å². The molecule has 0 aliphatic rings. The van der Waals surface area contributed by atoms with Gasteiger partial charge in [0.25, 0.3) is 0 Å². The maximum atomic E-state index is 6.06. The summed E-state index contributed by atoms with van der Waals surface area (Å²) in [6.07, 6.45) is 9.72. The molecule has 0 saturated carbocycles. The molecule has 0 fully saturated rings. The van der Waals surface area contributed by atoms with E-state index in [1.807, 2.05) is 13.1 Å². The summed E-state index contributed by atoms with van der Waals surface area (Å²) in [4.78, 5) is 4.38. The van der Waals surface area contributed by atoms with Crippen LogP contribution in [0.5, 0.6) is 0 Å². The van der Waals surface area contributed by atoms with Crippen LogP contribution in [-0.4, -0.2) is 4.98 Å². The van der Waals surface area contributed by atoms with E-state index in [2.05, 4.69) is 23.9 Å². The van der Waals surface area contributed by atoms with E-state index in [9.17, 15) is 0 Å². The lowest BCUT2D eigenvalue weighted by molar-refractivity contribution is 0.602. The molecule has 2 heteroatoms. The fourth-order valence-electron chi connectivity index (χ4n) is 1.67. The number of rotatable bonds is 4. The van der Waals surface area contributed by atoms with Crippen LogP contribution in [0.3, 0.4) is 0 Å². The van der Waals surface area contributed by atoms with Crippen molar-refractivity contribution in [1.29, 1.82) is 0 Å². The van der Waals surface area contributed by atoms with Gasteiger partial charge < -0.3 is 5.73 Å². The molecule has 0 bridgehead atoms. The summed E-state index contributed by atoms with van der Waals surface area (Å²) in [6, 6.07) is 2.13. The van der Waals surface area contributed by atoms with Gasteiger partial charge in [-0.15, -0.1) is 12.3 Å². The fourth-order valence-corrected chi connectivity index (χ4v) is 1.67. The lowest BCUT2D eigenvalue weighted by Crippen LogP contribution is -2.13. The highest BCUT2D eigenvalue weighted by molar-refractivity contribution is 5.25. The molecule has 0 spiro atoms. The van der Waals surface area contributed by atoms with Gasteiger partial charge in [-0.25, -0.2) is 0 Å². The van der Waals surface area contributed by atoms with Crippen molar-refractivity contribution in [2.45, 2.75) is 39.2 Å². The Kier molecular flexibility index (Phi) is 4.33. The lowest BCUT2D eigenvalue weighted by atomic mass is 10.0. The molecule has 2 N–H and O–H groups in total. The Balaban J connectivity index is 2.66. The first-order valence-corrected chi connectivity index (χ1v) is 5.27. The topological polar surface area (TPSA) is 38.9 Å². The van der Waals surface area contributed by atoms with Gasteiger partial charge in [-0.1, -0.05) is 6.07 Å². The average Bonchev–Trinajstić information content (AvgIpc) is 2.17.